The van der Waals surface area contributed by atoms with Crippen LogP contribution in [0.4, 0.5) is 5.69 Å². The van der Waals surface area contributed by atoms with Crippen molar-refractivity contribution in [3.8, 4) is 0 Å². The number of hydrogen-bond acceptors (Lipinski definition) is 4. The average Bonchev–Trinajstić information content (AvgIpc) is 3.14. The van der Waals surface area contributed by atoms with Gasteiger partial charge in [0.05, 0.1) is 6.61 Å². The zero-order chi connectivity index (χ0) is 20.2. The average molecular weight is 385 g/mol. The Bertz CT molecular complexity index is 1050. The molecule has 3 aromatic carbocycles. The molecule has 1 aliphatic rings. The van der Waals surface area contributed by atoms with Crippen LogP contribution in [-0.4, -0.2) is 23.8 Å². The van der Waals surface area contributed by atoms with E-state index in [1.807, 2.05) is 36.4 Å². The van der Waals surface area contributed by atoms with Gasteiger partial charge in [-0.2, -0.15) is 0 Å². The number of ketones is 1. The van der Waals surface area contributed by atoms with Gasteiger partial charge in [-0.3, -0.25) is 9.59 Å². The highest BCUT2D eigenvalue weighted by Gasteiger charge is 2.29. The summed E-state index contributed by atoms with van der Waals surface area (Å²) < 4.78 is 5.26. The molecule has 1 aliphatic heterocycles. The third-order valence-corrected chi connectivity index (χ3v) is 5.00. The lowest BCUT2D eigenvalue weighted by molar-refractivity contribution is -0.116. The Labute approximate surface area is 169 Å². The fourth-order valence-corrected chi connectivity index (χ4v) is 3.55. The molecule has 3 aromatic rings. The van der Waals surface area contributed by atoms with Crippen LogP contribution in [0.15, 0.2) is 72.8 Å². The zero-order valence-electron chi connectivity index (χ0n) is 15.8. The third-order valence-electron chi connectivity index (χ3n) is 5.00. The molecule has 0 spiro atoms. The number of carbonyl (C=O) groups is 2. The Morgan fingerprint density at radius 1 is 0.966 bits per heavy atom. The first-order valence-corrected chi connectivity index (χ1v) is 9.52. The lowest BCUT2D eigenvalue weighted by atomic mass is 9.75. The summed E-state index contributed by atoms with van der Waals surface area (Å²) in [6.45, 7) is 0.388. The van der Waals surface area contributed by atoms with Gasteiger partial charge in [0.25, 0.3) is 0 Å². The van der Waals surface area contributed by atoms with Crippen molar-refractivity contribution in [1.29, 1.82) is 0 Å². The monoisotopic (exact) mass is 385 g/mol. The predicted molar refractivity (Wildman–Crippen MR) is 112 cm³/mol. The molecule has 0 saturated carbocycles. The highest BCUT2D eigenvalue weighted by molar-refractivity contribution is 6.62. The minimum atomic E-state index is -0.926. The molecule has 1 amide bonds. The van der Waals surface area contributed by atoms with Crippen LogP contribution in [0.5, 0.6) is 0 Å². The van der Waals surface area contributed by atoms with E-state index in [9.17, 15) is 14.6 Å². The topological polar surface area (TPSA) is 75.6 Å². The smallest absolute Gasteiger partial charge is 0.423 e. The van der Waals surface area contributed by atoms with Gasteiger partial charge in [-0.1, -0.05) is 60.7 Å². The van der Waals surface area contributed by atoms with Crippen LogP contribution in [0.3, 0.4) is 0 Å². The van der Waals surface area contributed by atoms with Gasteiger partial charge in [0.2, 0.25) is 5.91 Å². The summed E-state index contributed by atoms with van der Waals surface area (Å²) in [5.74, 6) is -0.240. The first-order valence-electron chi connectivity index (χ1n) is 9.52. The predicted octanol–water partition coefficient (Wildman–Crippen LogP) is 2.71. The van der Waals surface area contributed by atoms with Crippen LogP contribution < -0.4 is 10.8 Å². The third kappa shape index (κ3) is 4.29. The van der Waals surface area contributed by atoms with Gasteiger partial charge in [0, 0.05) is 23.2 Å². The summed E-state index contributed by atoms with van der Waals surface area (Å²) in [4.78, 5) is 25.0. The van der Waals surface area contributed by atoms with Crippen LogP contribution in [0.1, 0.15) is 33.5 Å². The summed E-state index contributed by atoms with van der Waals surface area (Å²) in [5, 5.41) is 12.8. The molecule has 5 nitrogen and oxygen atoms in total. The van der Waals surface area contributed by atoms with Crippen LogP contribution in [-0.2, 0) is 22.5 Å². The first kappa shape index (κ1) is 19.1. The molecule has 4 rings (SSSR count). The molecule has 2 N–H and O–H groups in total. The van der Waals surface area contributed by atoms with Gasteiger partial charge < -0.3 is 15.0 Å². The number of amides is 1. The van der Waals surface area contributed by atoms with E-state index >= 15 is 0 Å². The van der Waals surface area contributed by atoms with Crippen molar-refractivity contribution in [1.82, 2.24) is 0 Å². The minimum absolute atomic E-state index is 0.0875. The number of fused-ring (bicyclic) bond motifs is 1. The fraction of sp³-hybridized carbons (Fsp3) is 0.130. The lowest BCUT2D eigenvalue weighted by Crippen LogP contribution is -2.31. The molecule has 0 fully saturated rings. The number of carbonyl (C=O) groups excluding carboxylic acids is 2. The molecular weight excluding hydrogens is 365 g/mol. The van der Waals surface area contributed by atoms with Crippen molar-refractivity contribution in [3.63, 3.8) is 0 Å². The van der Waals surface area contributed by atoms with E-state index < -0.39 is 7.12 Å². The van der Waals surface area contributed by atoms with Crippen LogP contribution in [0.25, 0.3) is 0 Å². The Morgan fingerprint density at radius 2 is 1.72 bits per heavy atom. The normalized spacial score (nSPS) is 12.5. The molecular formula is C23H20BNO4. The standard InChI is InChI=1S/C23H20BNO4/c26-21(13-12-16-8-4-10-19-15-29-24(28)22(16)19)25-20-11-5-9-18(14-20)23(27)17-6-2-1-3-7-17/h1-11,14,28H,12-13,15H2,(H,25,26). The van der Waals surface area contributed by atoms with Crippen LogP contribution in [0, 0.1) is 0 Å². The maximum atomic E-state index is 12.6. The summed E-state index contributed by atoms with van der Waals surface area (Å²) in [6.07, 6.45) is 0.762. The summed E-state index contributed by atoms with van der Waals surface area (Å²) in [6, 6.07) is 21.7. The second-order valence-corrected chi connectivity index (χ2v) is 6.98. The number of hydrogen-bond donors (Lipinski definition) is 2. The molecule has 0 aliphatic carbocycles. The molecule has 0 radical (unpaired) electrons. The SMILES string of the molecule is O=C(CCc1cccc2c1B(O)OC2)Nc1cccc(C(=O)c2ccccc2)c1. The molecule has 6 heteroatoms. The minimum Gasteiger partial charge on any atom is -0.423 e. The van der Waals surface area contributed by atoms with Crippen molar-refractivity contribution in [2.24, 2.45) is 0 Å². The van der Waals surface area contributed by atoms with E-state index in [0.29, 0.717) is 29.8 Å². The lowest BCUT2D eigenvalue weighted by Gasteiger charge is -2.10. The van der Waals surface area contributed by atoms with E-state index in [-0.39, 0.29) is 18.1 Å². The molecule has 0 aromatic heterocycles. The van der Waals surface area contributed by atoms with Gasteiger partial charge in [-0.15, -0.1) is 0 Å². The Morgan fingerprint density at radius 3 is 2.55 bits per heavy atom. The van der Waals surface area contributed by atoms with Crippen molar-refractivity contribution in [3.05, 3.63) is 95.1 Å². The zero-order valence-corrected chi connectivity index (χ0v) is 15.8. The molecule has 0 unspecified atom stereocenters. The van der Waals surface area contributed by atoms with Crippen molar-refractivity contribution >= 4 is 30.0 Å². The summed E-state index contributed by atoms with van der Waals surface area (Å²) >= 11 is 0. The van der Waals surface area contributed by atoms with E-state index in [0.717, 1.165) is 16.6 Å². The van der Waals surface area contributed by atoms with E-state index in [1.165, 1.54) is 0 Å². The molecule has 0 bridgehead atoms. The second-order valence-electron chi connectivity index (χ2n) is 6.98. The fourth-order valence-electron chi connectivity index (χ4n) is 3.55. The van der Waals surface area contributed by atoms with Gasteiger partial charge in [0.15, 0.2) is 5.78 Å². The van der Waals surface area contributed by atoms with Gasteiger partial charge in [0.1, 0.15) is 0 Å². The summed E-state index contributed by atoms with van der Waals surface area (Å²) in [5.41, 5.74) is 4.36. The highest BCUT2D eigenvalue weighted by atomic mass is 16.5. The van der Waals surface area contributed by atoms with Gasteiger partial charge >= 0.3 is 7.12 Å². The van der Waals surface area contributed by atoms with Crippen molar-refractivity contribution in [2.45, 2.75) is 19.4 Å². The Hall–Kier alpha value is -3.22. The number of nitrogens with one attached hydrogen (secondary N) is 1. The highest BCUT2D eigenvalue weighted by Crippen LogP contribution is 2.17. The number of benzene rings is 3. The molecule has 1 heterocycles. The maximum Gasteiger partial charge on any atom is 0.492 e. The van der Waals surface area contributed by atoms with Gasteiger partial charge in [-0.05, 0) is 35.1 Å². The molecule has 0 saturated heterocycles. The molecule has 29 heavy (non-hydrogen) atoms. The van der Waals surface area contributed by atoms with Gasteiger partial charge in [-0.25, -0.2) is 0 Å². The summed E-state index contributed by atoms with van der Waals surface area (Å²) in [7, 11) is -0.926. The maximum absolute atomic E-state index is 12.6. The van der Waals surface area contributed by atoms with Crippen LogP contribution >= 0.6 is 0 Å². The number of rotatable bonds is 6. The Balaban J connectivity index is 1.41. The largest absolute Gasteiger partial charge is 0.492 e. The Kier molecular flexibility index (Phi) is 5.56. The molecule has 144 valence electrons. The first-order chi connectivity index (χ1) is 14.1. The van der Waals surface area contributed by atoms with Crippen LogP contribution in [0.2, 0.25) is 0 Å². The number of anilines is 1. The van der Waals surface area contributed by atoms with Crippen molar-refractivity contribution < 1.29 is 19.3 Å². The van der Waals surface area contributed by atoms with Crippen molar-refractivity contribution in [2.75, 3.05) is 5.32 Å². The van der Waals surface area contributed by atoms with E-state index in [4.69, 9.17) is 4.65 Å². The van der Waals surface area contributed by atoms with E-state index in [2.05, 4.69) is 5.32 Å². The second kappa shape index (κ2) is 8.43. The number of aryl methyl sites for hydroxylation is 1. The van der Waals surface area contributed by atoms with E-state index in [1.54, 1.807) is 36.4 Å². The molecule has 0 atom stereocenters. The quantitative estimate of drug-likeness (QED) is 0.506.